The van der Waals surface area contributed by atoms with Gasteiger partial charge in [0.25, 0.3) is 5.91 Å². The van der Waals surface area contributed by atoms with Gasteiger partial charge in [0, 0.05) is 11.8 Å². The molecule has 0 aliphatic rings. The summed E-state index contributed by atoms with van der Waals surface area (Å²) in [5.74, 6) is -0.802. The molecule has 0 atom stereocenters. The Morgan fingerprint density at radius 1 is 1.06 bits per heavy atom. The molecule has 4 aromatic rings. The first-order valence-corrected chi connectivity index (χ1v) is 13.1. The summed E-state index contributed by atoms with van der Waals surface area (Å²) in [6, 6.07) is 15.8. The number of anilines is 1. The van der Waals surface area contributed by atoms with Gasteiger partial charge in [0.2, 0.25) is 9.84 Å². The lowest BCUT2D eigenvalue weighted by atomic mass is 9.92. The predicted molar refractivity (Wildman–Crippen MR) is 137 cm³/mol. The summed E-state index contributed by atoms with van der Waals surface area (Å²) >= 11 is 1.08. The van der Waals surface area contributed by atoms with Gasteiger partial charge in [0.1, 0.15) is 4.21 Å². The number of hydrogen-bond donors (Lipinski definition) is 3. The quantitative estimate of drug-likeness (QED) is 0.195. The number of pyridine rings is 1. The number of rotatable bonds is 6. The smallest absolute Gasteiger partial charge is 0.274 e. The number of carbonyl (C=O) groups is 1. The van der Waals surface area contributed by atoms with Crippen LogP contribution in [0.15, 0.2) is 69.9 Å². The molecule has 0 radical (unpaired) electrons. The molecule has 4 N–H and O–H groups in total. The molecule has 0 aliphatic heterocycles. The number of nitrogen functional groups attached to an aromatic ring is 1. The van der Waals surface area contributed by atoms with Crippen LogP contribution in [-0.2, 0) is 16.3 Å². The normalized spacial score (nSPS) is 11.4. The largest absolute Gasteiger partial charge is 0.397 e. The van der Waals surface area contributed by atoms with Crippen molar-refractivity contribution in [2.75, 3.05) is 5.73 Å². The Balaban J connectivity index is 1.82. The summed E-state index contributed by atoms with van der Waals surface area (Å²) in [6.45, 7) is 5.69. The predicted octanol–water partition coefficient (Wildman–Crippen LogP) is 4.86. The molecule has 35 heavy (non-hydrogen) atoms. The van der Waals surface area contributed by atoms with Crippen LogP contribution in [0, 0.1) is 20.8 Å². The minimum absolute atomic E-state index is 0.0532. The summed E-state index contributed by atoms with van der Waals surface area (Å²) in [7, 11) is -4.04. The van der Waals surface area contributed by atoms with Crippen LogP contribution in [0.3, 0.4) is 0 Å². The van der Waals surface area contributed by atoms with Gasteiger partial charge < -0.3 is 5.73 Å². The molecule has 1 amide bonds. The maximum atomic E-state index is 13.6. The maximum absolute atomic E-state index is 13.6. The number of benzene rings is 2. The van der Waals surface area contributed by atoms with Crippen LogP contribution in [0.5, 0.6) is 0 Å². The van der Waals surface area contributed by atoms with E-state index in [0.29, 0.717) is 28.1 Å². The Morgan fingerprint density at radius 2 is 1.83 bits per heavy atom. The lowest BCUT2D eigenvalue weighted by molar-refractivity contribution is 0.0705. The lowest BCUT2D eigenvalue weighted by Crippen LogP contribution is -2.22. The lowest BCUT2D eigenvalue weighted by Gasteiger charge is -2.18. The fraction of sp³-hybridized carbons (Fsp3) is 0.154. The Morgan fingerprint density at radius 3 is 2.49 bits per heavy atom. The number of sulfone groups is 1. The van der Waals surface area contributed by atoms with Gasteiger partial charge in [-0.05, 0) is 85.3 Å². The molecule has 2 heterocycles. The van der Waals surface area contributed by atoms with Crippen molar-refractivity contribution < 1.29 is 18.4 Å². The Kier molecular flexibility index (Phi) is 6.75. The number of aromatic nitrogens is 1. The molecule has 0 fully saturated rings. The van der Waals surface area contributed by atoms with Crippen molar-refractivity contribution in [3.63, 3.8) is 0 Å². The first-order chi connectivity index (χ1) is 16.6. The minimum atomic E-state index is -4.04. The molecule has 4 rings (SSSR count). The van der Waals surface area contributed by atoms with E-state index in [-0.39, 0.29) is 20.4 Å². The molecule has 0 unspecified atom stereocenters. The Hall–Kier alpha value is -3.53. The molecule has 0 spiro atoms. The first kappa shape index (κ1) is 24.6. The van der Waals surface area contributed by atoms with E-state index in [1.165, 1.54) is 12.1 Å². The molecular formula is C26H25N3O4S2. The van der Waals surface area contributed by atoms with Crippen molar-refractivity contribution in [3.8, 4) is 10.6 Å². The minimum Gasteiger partial charge on any atom is -0.397 e. The van der Waals surface area contributed by atoms with Crippen molar-refractivity contribution in [1.82, 2.24) is 10.5 Å². The topological polar surface area (TPSA) is 122 Å². The van der Waals surface area contributed by atoms with Crippen LogP contribution in [-0.4, -0.2) is 24.5 Å². The SMILES string of the molecule is Cc1ccc(Cc2c(C(=O)NO)cc(S(=O)(=O)c3ccc(-c4ccccn4)s3)c(N)c2C)cc1C. The summed E-state index contributed by atoms with van der Waals surface area (Å²) in [5, 5.41) is 9.37. The molecule has 0 saturated heterocycles. The molecule has 0 saturated carbocycles. The summed E-state index contributed by atoms with van der Waals surface area (Å²) < 4.78 is 27.2. The van der Waals surface area contributed by atoms with E-state index in [1.54, 1.807) is 36.8 Å². The molecule has 2 aromatic heterocycles. The standard InChI is InChI=1S/C26H25N3O4S2/c1-15-7-8-18(12-16(15)2)13-19-17(3)25(27)23(14-20(19)26(30)29-31)35(32,33)24-10-9-22(34-24)21-6-4-5-11-28-21/h4-12,14,31H,13,27H2,1-3H3,(H,29,30). The van der Waals surface area contributed by atoms with Gasteiger partial charge in [-0.1, -0.05) is 24.3 Å². The second-order valence-corrected chi connectivity index (χ2v) is 11.5. The second-order valence-electron chi connectivity index (χ2n) is 8.31. The van der Waals surface area contributed by atoms with Crippen molar-refractivity contribution in [2.45, 2.75) is 36.3 Å². The average Bonchev–Trinajstić information content (AvgIpc) is 3.36. The highest BCUT2D eigenvalue weighted by molar-refractivity contribution is 7.93. The summed E-state index contributed by atoms with van der Waals surface area (Å²) in [6.07, 6.45) is 1.99. The highest BCUT2D eigenvalue weighted by Crippen LogP contribution is 2.38. The van der Waals surface area contributed by atoms with Crippen molar-refractivity contribution in [2.24, 2.45) is 0 Å². The van der Waals surface area contributed by atoms with Crippen LogP contribution in [0.1, 0.15) is 38.2 Å². The molecule has 0 bridgehead atoms. The first-order valence-electron chi connectivity index (χ1n) is 10.8. The zero-order valence-corrected chi connectivity index (χ0v) is 21.1. The number of thiophene rings is 1. The number of nitrogens with zero attached hydrogens (tertiary/aromatic N) is 1. The van der Waals surface area contributed by atoms with Crippen molar-refractivity contribution in [1.29, 1.82) is 0 Å². The van der Waals surface area contributed by atoms with Crippen LogP contribution in [0.4, 0.5) is 5.69 Å². The number of hydrogen-bond acceptors (Lipinski definition) is 7. The third-order valence-corrected chi connectivity index (χ3v) is 9.47. The number of aryl methyl sites for hydroxylation is 2. The van der Waals surface area contributed by atoms with E-state index in [1.807, 2.05) is 38.1 Å². The average molecular weight is 508 g/mol. The van der Waals surface area contributed by atoms with Crippen LogP contribution >= 0.6 is 11.3 Å². The summed E-state index contributed by atoms with van der Waals surface area (Å²) in [4.78, 5) is 17.4. The monoisotopic (exact) mass is 507 g/mol. The van der Waals surface area contributed by atoms with E-state index in [9.17, 15) is 18.4 Å². The zero-order chi connectivity index (χ0) is 25.3. The highest BCUT2D eigenvalue weighted by Gasteiger charge is 2.28. The zero-order valence-electron chi connectivity index (χ0n) is 19.5. The van der Waals surface area contributed by atoms with Crippen LogP contribution in [0.25, 0.3) is 10.6 Å². The maximum Gasteiger partial charge on any atom is 0.274 e. The number of nitrogens with two attached hydrogens (primary N) is 1. The number of amides is 1. The second kappa shape index (κ2) is 9.61. The van der Waals surface area contributed by atoms with Gasteiger partial charge in [-0.15, -0.1) is 11.3 Å². The third-order valence-electron chi connectivity index (χ3n) is 6.07. The summed E-state index contributed by atoms with van der Waals surface area (Å²) in [5.41, 5.74) is 13.0. The van der Waals surface area contributed by atoms with E-state index >= 15 is 0 Å². The number of hydroxylamine groups is 1. The Bertz CT molecular complexity index is 1530. The van der Waals surface area contributed by atoms with Gasteiger partial charge >= 0.3 is 0 Å². The van der Waals surface area contributed by atoms with Crippen LogP contribution in [0.2, 0.25) is 0 Å². The van der Waals surface area contributed by atoms with Gasteiger partial charge in [-0.25, -0.2) is 13.9 Å². The highest BCUT2D eigenvalue weighted by atomic mass is 32.2. The fourth-order valence-corrected chi connectivity index (χ4v) is 6.77. The van der Waals surface area contributed by atoms with Gasteiger partial charge in [0.05, 0.1) is 21.2 Å². The van der Waals surface area contributed by atoms with Crippen molar-refractivity contribution >= 4 is 32.8 Å². The van der Waals surface area contributed by atoms with E-state index in [2.05, 4.69) is 4.98 Å². The number of nitrogens with one attached hydrogen (secondary N) is 1. The number of carbonyl (C=O) groups excluding carboxylic acids is 1. The van der Waals surface area contributed by atoms with E-state index in [4.69, 9.17) is 5.73 Å². The Labute approximate surface area is 208 Å². The molecule has 9 heteroatoms. The molecular weight excluding hydrogens is 482 g/mol. The molecule has 2 aromatic carbocycles. The fourth-order valence-electron chi connectivity index (χ4n) is 3.90. The van der Waals surface area contributed by atoms with Gasteiger partial charge in [0.15, 0.2) is 0 Å². The molecule has 7 nitrogen and oxygen atoms in total. The van der Waals surface area contributed by atoms with Gasteiger partial charge in [-0.2, -0.15) is 0 Å². The van der Waals surface area contributed by atoms with Gasteiger partial charge in [-0.3, -0.25) is 15.0 Å². The molecule has 0 aliphatic carbocycles. The van der Waals surface area contributed by atoms with E-state index in [0.717, 1.165) is 28.0 Å². The van der Waals surface area contributed by atoms with E-state index < -0.39 is 15.7 Å². The van der Waals surface area contributed by atoms with Crippen LogP contribution < -0.4 is 11.2 Å². The third kappa shape index (κ3) is 4.70. The van der Waals surface area contributed by atoms with Crippen molar-refractivity contribution in [3.05, 3.63) is 94.2 Å². The molecule has 180 valence electrons.